The molecule has 0 spiro atoms. The highest BCUT2D eigenvalue weighted by Gasteiger charge is 2.20. The van der Waals surface area contributed by atoms with E-state index >= 15 is 0 Å². The maximum atomic E-state index is 13.1. The molecular formula is C23H21BrO4. The van der Waals surface area contributed by atoms with Crippen LogP contribution in [0.25, 0.3) is 10.8 Å². The van der Waals surface area contributed by atoms with E-state index in [1.807, 2.05) is 37.3 Å². The van der Waals surface area contributed by atoms with Gasteiger partial charge in [-0.2, -0.15) is 0 Å². The zero-order valence-electron chi connectivity index (χ0n) is 15.8. The second kappa shape index (κ2) is 9.02. The topological polar surface area (TPSA) is 52.6 Å². The summed E-state index contributed by atoms with van der Waals surface area (Å²) in [6, 6.07) is 17.9. The Balaban J connectivity index is 1.90. The van der Waals surface area contributed by atoms with Crippen LogP contribution in [-0.2, 0) is 4.74 Å². The zero-order valence-corrected chi connectivity index (χ0v) is 17.4. The van der Waals surface area contributed by atoms with Crippen LogP contribution in [0.2, 0.25) is 0 Å². The van der Waals surface area contributed by atoms with Crippen molar-refractivity contribution in [3.05, 3.63) is 77.4 Å². The maximum Gasteiger partial charge on any atom is 0.338 e. The molecule has 0 radical (unpaired) electrons. The van der Waals surface area contributed by atoms with Crippen LogP contribution < -0.4 is 4.74 Å². The average molecular weight is 441 g/mol. The monoisotopic (exact) mass is 440 g/mol. The molecule has 1 unspecified atom stereocenters. The van der Waals surface area contributed by atoms with Crippen LogP contribution in [0.4, 0.5) is 0 Å². The third-order valence-corrected chi connectivity index (χ3v) is 5.45. The molecule has 0 N–H and O–H groups in total. The largest absolute Gasteiger partial charge is 0.497 e. The second-order valence-electron chi connectivity index (χ2n) is 6.41. The van der Waals surface area contributed by atoms with Gasteiger partial charge in [0.15, 0.2) is 5.78 Å². The minimum Gasteiger partial charge on any atom is -0.497 e. The number of carbonyl (C=O) groups is 2. The summed E-state index contributed by atoms with van der Waals surface area (Å²) >= 11 is 3.44. The minimum atomic E-state index is -0.493. The van der Waals surface area contributed by atoms with Crippen molar-refractivity contribution in [2.24, 2.45) is 0 Å². The summed E-state index contributed by atoms with van der Waals surface area (Å²) in [6.07, 6.45) is 0.843. The molecular weight excluding hydrogens is 420 g/mol. The van der Waals surface area contributed by atoms with Gasteiger partial charge in [0.1, 0.15) is 12.4 Å². The van der Waals surface area contributed by atoms with Gasteiger partial charge in [0.25, 0.3) is 0 Å². The Morgan fingerprint density at radius 3 is 2.36 bits per heavy atom. The Kier molecular flexibility index (Phi) is 6.47. The molecule has 3 aromatic carbocycles. The van der Waals surface area contributed by atoms with Gasteiger partial charge in [0.2, 0.25) is 0 Å². The number of hydrogen-bond acceptors (Lipinski definition) is 4. The molecule has 28 heavy (non-hydrogen) atoms. The van der Waals surface area contributed by atoms with Gasteiger partial charge in [0, 0.05) is 16.0 Å². The fraction of sp³-hybridized carbons (Fsp3) is 0.217. The highest BCUT2D eigenvalue weighted by Crippen LogP contribution is 2.24. The molecule has 144 valence electrons. The molecule has 0 fully saturated rings. The van der Waals surface area contributed by atoms with Gasteiger partial charge in [-0.25, -0.2) is 4.79 Å². The first-order valence-electron chi connectivity index (χ1n) is 9.06. The van der Waals surface area contributed by atoms with E-state index in [9.17, 15) is 9.59 Å². The van der Waals surface area contributed by atoms with Crippen LogP contribution in [0.15, 0.2) is 60.7 Å². The fourth-order valence-corrected chi connectivity index (χ4v) is 3.00. The van der Waals surface area contributed by atoms with Crippen LogP contribution in [-0.4, -0.2) is 30.3 Å². The van der Waals surface area contributed by atoms with Crippen molar-refractivity contribution in [1.29, 1.82) is 0 Å². The predicted octanol–water partition coefficient (Wildman–Crippen LogP) is 5.41. The lowest BCUT2D eigenvalue weighted by Crippen LogP contribution is -2.16. The number of benzene rings is 3. The van der Waals surface area contributed by atoms with Crippen LogP contribution in [0, 0.1) is 0 Å². The number of rotatable bonds is 7. The molecule has 0 saturated heterocycles. The summed E-state index contributed by atoms with van der Waals surface area (Å²) in [4.78, 5) is 25.7. The SMILES string of the molecule is CCC(Br)COC(=O)c1ccccc1C(=O)c1ccc2cc(OC)ccc2c1. The second-order valence-corrected chi connectivity index (χ2v) is 7.70. The quantitative estimate of drug-likeness (QED) is 0.280. The van der Waals surface area contributed by atoms with Crippen molar-refractivity contribution in [3.8, 4) is 5.75 Å². The van der Waals surface area contributed by atoms with Crippen molar-refractivity contribution in [2.75, 3.05) is 13.7 Å². The Morgan fingerprint density at radius 1 is 0.964 bits per heavy atom. The van der Waals surface area contributed by atoms with E-state index in [4.69, 9.17) is 9.47 Å². The summed E-state index contributed by atoms with van der Waals surface area (Å²) < 4.78 is 10.6. The number of hydrogen-bond donors (Lipinski definition) is 0. The van der Waals surface area contributed by atoms with Crippen molar-refractivity contribution in [3.63, 3.8) is 0 Å². The molecule has 0 heterocycles. The highest BCUT2D eigenvalue weighted by atomic mass is 79.9. The highest BCUT2D eigenvalue weighted by molar-refractivity contribution is 9.09. The Bertz CT molecular complexity index is 1010. The van der Waals surface area contributed by atoms with Crippen molar-refractivity contribution in [2.45, 2.75) is 18.2 Å². The van der Waals surface area contributed by atoms with Crippen molar-refractivity contribution in [1.82, 2.24) is 0 Å². The van der Waals surface area contributed by atoms with E-state index in [1.54, 1.807) is 37.4 Å². The van der Waals surface area contributed by atoms with Gasteiger partial charge < -0.3 is 9.47 Å². The predicted molar refractivity (Wildman–Crippen MR) is 114 cm³/mol. The number of alkyl halides is 1. The number of ether oxygens (including phenoxy) is 2. The third-order valence-electron chi connectivity index (χ3n) is 4.54. The average Bonchev–Trinajstić information content (AvgIpc) is 2.75. The number of methoxy groups -OCH3 is 1. The van der Waals surface area contributed by atoms with Gasteiger partial charge in [-0.3, -0.25) is 4.79 Å². The minimum absolute atomic E-state index is 0.0943. The lowest BCUT2D eigenvalue weighted by Gasteiger charge is -2.11. The molecule has 1 atom stereocenters. The molecule has 0 bridgehead atoms. The summed E-state index contributed by atoms with van der Waals surface area (Å²) in [5.41, 5.74) is 1.13. The van der Waals surface area contributed by atoms with Crippen LogP contribution >= 0.6 is 15.9 Å². The van der Waals surface area contributed by atoms with E-state index < -0.39 is 5.97 Å². The van der Waals surface area contributed by atoms with Crippen LogP contribution in [0.3, 0.4) is 0 Å². The van der Waals surface area contributed by atoms with Crippen molar-refractivity contribution >= 4 is 38.5 Å². The van der Waals surface area contributed by atoms with Crippen LogP contribution in [0.5, 0.6) is 5.75 Å². The molecule has 0 aromatic heterocycles. The van der Waals surface area contributed by atoms with Crippen LogP contribution in [0.1, 0.15) is 39.6 Å². The van der Waals surface area contributed by atoms with E-state index in [0.29, 0.717) is 11.1 Å². The van der Waals surface area contributed by atoms with Gasteiger partial charge in [-0.05, 0) is 41.5 Å². The molecule has 0 aliphatic rings. The normalized spacial score (nSPS) is 11.8. The van der Waals surface area contributed by atoms with Gasteiger partial charge >= 0.3 is 5.97 Å². The lowest BCUT2D eigenvalue weighted by molar-refractivity contribution is 0.0504. The molecule has 0 aliphatic carbocycles. The van der Waals surface area contributed by atoms with E-state index in [2.05, 4.69) is 15.9 Å². The lowest BCUT2D eigenvalue weighted by atomic mass is 9.96. The van der Waals surface area contributed by atoms with Gasteiger partial charge in [0.05, 0.1) is 12.7 Å². The maximum absolute atomic E-state index is 13.1. The smallest absolute Gasteiger partial charge is 0.338 e. The molecule has 3 rings (SSSR count). The van der Waals surface area contributed by atoms with Crippen molar-refractivity contribution < 1.29 is 19.1 Å². The van der Waals surface area contributed by atoms with Gasteiger partial charge in [-0.15, -0.1) is 0 Å². The molecule has 4 nitrogen and oxygen atoms in total. The molecule has 0 amide bonds. The number of carbonyl (C=O) groups excluding carboxylic acids is 2. The Hall–Kier alpha value is -2.66. The Labute approximate surface area is 172 Å². The molecule has 0 saturated carbocycles. The summed E-state index contributed by atoms with van der Waals surface area (Å²) in [7, 11) is 1.62. The molecule has 5 heteroatoms. The Morgan fingerprint density at radius 2 is 1.64 bits per heavy atom. The number of ketones is 1. The summed E-state index contributed by atoms with van der Waals surface area (Å²) in [6.45, 7) is 2.26. The first-order chi connectivity index (χ1) is 13.5. The third kappa shape index (κ3) is 4.42. The number of esters is 1. The van der Waals surface area contributed by atoms with E-state index in [1.165, 1.54) is 0 Å². The molecule has 0 aliphatic heterocycles. The first-order valence-corrected chi connectivity index (χ1v) is 9.97. The molecule has 3 aromatic rings. The first kappa shape index (κ1) is 20.1. The van der Waals surface area contributed by atoms with Gasteiger partial charge in [-0.1, -0.05) is 59.3 Å². The fourth-order valence-electron chi connectivity index (χ4n) is 2.87. The van der Waals surface area contributed by atoms with E-state index in [-0.39, 0.29) is 22.8 Å². The summed E-state index contributed by atoms with van der Waals surface area (Å²) in [5.74, 6) is 0.0559. The number of fused-ring (bicyclic) bond motifs is 1. The summed E-state index contributed by atoms with van der Waals surface area (Å²) in [5, 5.41) is 1.91. The van der Waals surface area contributed by atoms with E-state index in [0.717, 1.165) is 22.9 Å². The standard InChI is InChI=1S/C23H21BrO4/c1-3-18(24)14-28-23(26)21-7-5-4-6-20(21)22(25)17-9-8-16-13-19(27-2)11-10-15(16)12-17/h4-13,18H,3,14H2,1-2H3. The zero-order chi connectivity index (χ0) is 20.1. The number of halogens is 1.